The van der Waals surface area contributed by atoms with Gasteiger partial charge in [-0.25, -0.2) is 0 Å². The molecule has 1 radical (unpaired) electrons. The average molecular weight is 572 g/mol. The van der Waals surface area contributed by atoms with Gasteiger partial charge < -0.3 is 19.9 Å². The Morgan fingerprint density at radius 1 is 0.966 bits per heavy atom. The van der Waals surface area contributed by atoms with Gasteiger partial charge in [0.05, 0.1) is 17.9 Å². The van der Waals surface area contributed by atoms with Gasteiger partial charge in [0, 0.05) is 43.4 Å². The van der Waals surface area contributed by atoms with E-state index in [1.165, 1.54) is 0 Å². The molecular weight excluding hydrogens is 544 g/mol. The van der Waals surface area contributed by atoms with Crippen LogP contribution in [0.1, 0.15) is 31.7 Å². The summed E-state index contributed by atoms with van der Waals surface area (Å²) < 4.78 is 5.75. The van der Waals surface area contributed by atoms with Crippen molar-refractivity contribution in [2.45, 2.75) is 46.3 Å². The minimum atomic E-state index is -0.375. The van der Waals surface area contributed by atoms with Crippen LogP contribution in [-0.4, -0.2) is 32.4 Å². The van der Waals surface area contributed by atoms with Crippen molar-refractivity contribution in [1.82, 2.24) is 9.97 Å². The third-order valence-electron chi connectivity index (χ3n) is 3.77. The Kier molecular flexibility index (Phi) is 10.7. The molecule has 2 aromatic carbocycles. The minimum absolute atomic E-state index is 0. The molecule has 0 bridgehead atoms. The van der Waals surface area contributed by atoms with Gasteiger partial charge in [0.1, 0.15) is 5.75 Å². The summed E-state index contributed by atoms with van der Waals surface area (Å²) in [5.41, 5.74) is 3.59. The Labute approximate surface area is 186 Å². The Morgan fingerprint density at radius 3 is 2.10 bits per heavy atom. The number of aliphatic hydroxyl groups excluding tert-OH is 2. The summed E-state index contributed by atoms with van der Waals surface area (Å²) in [4.78, 5) is 8.85. The van der Waals surface area contributed by atoms with Crippen LogP contribution in [0.5, 0.6) is 11.5 Å². The number of nitrogens with zero attached hydrogens (tertiary/aromatic N) is 2. The molecule has 0 saturated carbocycles. The van der Waals surface area contributed by atoms with E-state index in [9.17, 15) is 0 Å². The standard InChI is InChI=1S/C18H15N2O.C5H12O2.Ir/c1-13-12-19-18(14(2)20-13)15-8-10-17(11-9-15)21-16-6-4-3-5-7-16;1-4(6)3-5(2)7;/h3-8,10-12H,1-2H3;4-7H,3H2,1-2H3;/q-1;;. The van der Waals surface area contributed by atoms with E-state index < -0.39 is 0 Å². The van der Waals surface area contributed by atoms with Gasteiger partial charge >= 0.3 is 0 Å². The fraction of sp³-hybridized carbons (Fsp3) is 0.304. The molecule has 2 atom stereocenters. The number of hydrogen-bond donors (Lipinski definition) is 2. The van der Waals surface area contributed by atoms with Gasteiger partial charge in [-0.2, -0.15) is 0 Å². The summed E-state index contributed by atoms with van der Waals surface area (Å²) in [7, 11) is 0. The van der Waals surface area contributed by atoms with Crippen molar-refractivity contribution >= 4 is 0 Å². The molecule has 0 amide bonds. The van der Waals surface area contributed by atoms with E-state index in [2.05, 4.69) is 16.0 Å². The van der Waals surface area contributed by atoms with Crippen molar-refractivity contribution in [2.75, 3.05) is 0 Å². The fourth-order valence-corrected chi connectivity index (χ4v) is 2.60. The van der Waals surface area contributed by atoms with E-state index in [-0.39, 0.29) is 32.3 Å². The first-order valence-electron chi connectivity index (χ1n) is 9.26. The SMILES string of the molecule is CC(O)CC(C)O.Cc1cnc(-c2[c-]cc(Oc3ccccc3)cc2)c(C)n1.[Ir]. The minimum Gasteiger partial charge on any atom is -0.502 e. The van der Waals surface area contributed by atoms with Crippen molar-refractivity contribution < 1.29 is 35.1 Å². The molecule has 0 aliphatic rings. The van der Waals surface area contributed by atoms with Gasteiger partial charge in [-0.15, -0.1) is 29.8 Å². The second kappa shape index (κ2) is 12.5. The topological polar surface area (TPSA) is 75.5 Å². The van der Waals surface area contributed by atoms with Crippen LogP contribution in [0.2, 0.25) is 0 Å². The number of ether oxygens (including phenoxy) is 1. The second-order valence-electron chi connectivity index (χ2n) is 6.73. The first-order valence-corrected chi connectivity index (χ1v) is 9.26. The zero-order valence-corrected chi connectivity index (χ0v) is 19.5. The monoisotopic (exact) mass is 572 g/mol. The maximum absolute atomic E-state index is 8.56. The first-order chi connectivity index (χ1) is 13.3. The van der Waals surface area contributed by atoms with Gasteiger partial charge in [0.25, 0.3) is 0 Å². The molecule has 6 heteroatoms. The summed E-state index contributed by atoms with van der Waals surface area (Å²) in [6.07, 6.45) is 1.49. The molecule has 0 saturated heterocycles. The predicted octanol–water partition coefficient (Wildman–Crippen LogP) is 4.49. The third-order valence-corrected chi connectivity index (χ3v) is 3.77. The first kappa shape index (κ1) is 24.9. The molecule has 3 aromatic rings. The van der Waals surface area contributed by atoms with Crippen LogP contribution < -0.4 is 4.74 Å². The number of hydrogen-bond acceptors (Lipinski definition) is 5. The van der Waals surface area contributed by atoms with Crippen molar-refractivity contribution in [3.63, 3.8) is 0 Å². The van der Waals surface area contributed by atoms with E-state index >= 15 is 0 Å². The molecule has 0 aliphatic heterocycles. The molecule has 2 N–H and O–H groups in total. The summed E-state index contributed by atoms with van der Waals surface area (Å²) in [5, 5.41) is 17.1. The third kappa shape index (κ3) is 8.84. The summed E-state index contributed by atoms with van der Waals surface area (Å²) in [5.74, 6) is 1.56. The predicted molar refractivity (Wildman–Crippen MR) is 110 cm³/mol. The molecule has 5 nitrogen and oxygen atoms in total. The van der Waals surface area contributed by atoms with Gasteiger partial charge in [0.2, 0.25) is 0 Å². The zero-order chi connectivity index (χ0) is 20.5. The molecule has 3 rings (SSSR count). The number of rotatable bonds is 5. The van der Waals surface area contributed by atoms with Gasteiger partial charge in [0.15, 0.2) is 0 Å². The zero-order valence-electron chi connectivity index (χ0n) is 17.1. The number of benzene rings is 2. The fourth-order valence-electron chi connectivity index (χ4n) is 2.60. The number of aryl methyl sites for hydroxylation is 2. The van der Waals surface area contributed by atoms with Gasteiger partial charge in [-0.1, -0.05) is 18.2 Å². The largest absolute Gasteiger partial charge is 0.502 e. The maximum Gasteiger partial charge on any atom is 0.114 e. The average Bonchev–Trinajstić information content (AvgIpc) is 2.63. The molecule has 2 unspecified atom stereocenters. The van der Waals surface area contributed by atoms with E-state index in [1.807, 2.05) is 62.4 Å². The Balaban J connectivity index is 0.000000456. The molecule has 157 valence electrons. The Bertz CT molecular complexity index is 848. The van der Waals surface area contributed by atoms with E-state index in [0.717, 1.165) is 34.1 Å². The van der Waals surface area contributed by atoms with E-state index in [1.54, 1.807) is 20.0 Å². The quantitative estimate of drug-likeness (QED) is 0.442. The smallest absolute Gasteiger partial charge is 0.114 e. The molecule has 0 fully saturated rings. The van der Waals surface area contributed by atoms with Crippen molar-refractivity contribution in [2.24, 2.45) is 0 Å². The van der Waals surface area contributed by atoms with E-state index in [0.29, 0.717) is 6.42 Å². The van der Waals surface area contributed by atoms with Crippen LogP contribution in [0, 0.1) is 19.9 Å². The molecule has 29 heavy (non-hydrogen) atoms. The van der Waals surface area contributed by atoms with Crippen LogP contribution in [-0.2, 0) is 20.1 Å². The summed E-state index contributed by atoms with van der Waals surface area (Å²) >= 11 is 0. The molecule has 0 spiro atoms. The van der Waals surface area contributed by atoms with Crippen LogP contribution in [0.3, 0.4) is 0 Å². The van der Waals surface area contributed by atoms with Crippen LogP contribution in [0.4, 0.5) is 0 Å². The van der Waals surface area contributed by atoms with Crippen LogP contribution in [0.15, 0.2) is 54.7 Å². The van der Waals surface area contributed by atoms with Gasteiger partial charge in [-0.05, 0) is 46.2 Å². The maximum atomic E-state index is 8.56. The summed E-state index contributed by atoms with van der Waals surface area (Å²) in [6.45, 7) is 7.21. The normalized spacial score (nSPS) is 12.1. The molecule has 0 aliphatic carbocycles. The van der Waals surface area contributed by atoms with Crippen molar-refractivity contribution in [3.05, 3.63) is 72.2 Å². The van der Waals surface area contributed by atoms with E-state index in [4.69, 9.17) is 14.9 Å². The molecule has 1 heterocycles. The molecular formula is C23H27IrN2O3-. The summed E-state index contributed by atoms with van der Waals surface area (Å²) in [6, 6.07) is 18.6. The van der Waals surface area contributed by atoms with Crippen molar-refractivity contribution in [3.8, 4) is 22.8 Å². The Morgan fingerprint density at radius 2 is 1.62 bits per heavy atom. The molecule has 1 aromatic heterocycles. The van der Waals surface area contributed by atoms with Crippen molar-refractivity contribution in [1.29, 1.82) is 0 Å². The number of para-hydroxylation sites is 1. The number of aliphatic hydroxyl groups is 2. The van der Waals surface area contributed by atoms with Crippen LogP contribution >= 0.6 is 0 Å². The Hall–Kier alpha value is -2.11. The van der Waals surface area contributed by atoms with Crippen LogP contribution in [0.25, 0.3) is 11.3 Å². The second-order valence-corrected chi connectivity index (χ2v) is 6.73. The number of aromatic nitrogens is 2. The van der Waals surface area contributed by atoms with Gasteiger partial charge in [-0.3, -0.25) is 4.98 Å².